The SMILES string of the molecule is CC[C@H](C)NS(=O)(=O)c1ccc(OCC(=O)Nc2cccc(SC)c2)cc1. The Morgan fingerprint density at radius 1 is 1.19 bits per heavy atom. The largest absolute Gasteiger partial charge is 0.484 e. The lowest BCUT2D eigenvalue weighted by atomic mass is 10.3. The Morgan fingerprint density at radius 2 is 1.89 bits per heavy atom. The van der Waals surface area contributed by atoms with Crippen molar-refractivity contribution in [3.63, 3.8) is 0 Å². The maximum Gasteiger partial charge on any atom is 0.262 e. The van der Waals surface area contributed by atoms with E-state index in [2.05, 4.69) is 10.0 Å². The van der Waals surface area contributed by atoms with Gasteiger partial charge in [0.1, 0.15) is 5.75 Å². The summed E-state index contributed by atoms with van der Waals surface area (Å²) < 4.78 is 32.5. The van der Waals surface area contributed by atoms with Crippen LogP contribution in [0.1, 0.15) is 20.3 Å². The van der Waals surface area contributed by atoms with Gasteiger partial charge < -0.3 is 10.1 Å². The second-order valence-corrected chi connectivity index (χ2v) is 8.56. The third kappa shape index (κ3) is 6.57. The fourth-order valence-corrected chi connectivity index (χ4v) is 3.96. The second-order valence-electron chi connectivity index (χ2n) is 5.97. The van der Waals surface area contributed by atoms with Crippen LogP contribution < -0.4 is 14.8 Å². The Balaban J connectivity index is 1.91. The van der Waals surface area contributed by atoms with Gasteiger partial charge in [0, 0.05) is 16.6 Å². The molecule has 8 heteroatoms. The maximum absolute atomic E-state index is 12.2. The van der Waals surface area contributed by atoms with Crippen molar-refractivity contribution in [1.82, 2.24) is 4.72 Å². The molecule has 0 aliphatic rings. The highest BCUT2D eigenvalue weighted by Gasteiger charge is 2.16. The summed E-state index contributed by atoms with van der Waals surface area (Å²) in [7, 11) is -3.55. The third-order valence-corrected chi connectivity index (χ3v) is 6.16. The molecule has 2 aromatic rings. The minimum absolute atomic E-state index is 0.140. The molecule has 146 valence electrons. The summed E-state index contributed by atoms with van der Waals surface area (Å²) in [5.74, 6) is 0.133. The molecule has 0 radical (unpaired) electrons. The first-order valence-corrected chi connectivity index (χ1v) is 11.2. The zero-order valence-electron chi connectivity index (χ0n) is 15.6. The first-order chi connectivity index (χ1) is 12.8. The van der Waals surface area contributed by atoms with Gasteiger partial charge in [-0.15, -0.1) is 11.8 Å². The third-order valence-electron chi connectivity index (χ3n) is 3.83. The van der Waals surface area contributed by atoms with E-state index in [1.807, 2.05) is 44.4 Å². The number of ether oxygens (including phenoxy) is 1. The fraction of sp³-hybridized carbons (Fsp3) is 0.316. The molecule has 0 aliphatic carbocycles. The monoisotopic (exact) mass is 408 g/mol. The van der Waals surface area contributed by atoms with Crippen molar-refractivity contribution >= 4 is 33.4 Å². The molecule has 6 nitrogen and oxygen atoms in total. The van der Waals surface area contributed by atoms with Gasteiger partial charge in [-0.25, -0.2) is 13.1 Å². The standard InChI is InChI=1S/C19H24N2O4S2/c1-4-14(2)21-27(23,24)18-10-8-16(9-11-18)25-13-19(22)20-15-6-5-7-17(12-15)26-3/h5-12,14,21H,4,13H2,1-3H3,(H,20,22)/t14-/m0/s1. The number of thioether (sulfide) groups is 1. The van der Waals surface area contributed by atoms with Crippen LogP contribution in [0.4, 0.5) is 5.69 Å². The number of carbonyl (C=O) groups excluding carboxylic acids is 1. The number of hydrogen-bond acceptors (Lipinski definition) is 5. The molecule has 2 N–H and O–H groups in total. The molecular weight excluding hydrogens is 384 g/mol. The summed E-state index contributed by atoms with van der Waals surface area (Å²) in [6.45, 7) is 3.55. The number of carbonyl (C=O) groups is 1. The number of anilines is 1. The van der Waals surface area contributed by atoms with Gasteiger partial charge in [0.15, 0.2) is 6.61 Å². The molecule has 0 saturated heterocycles. The average Bonchev–Trinajstić information content (AvgIpc) is 2.66. The number of rotatable bonds is 9. The van der Waals surface area contributed by atoms with Crippen LogP contribution >= 0.6 is 11.8 Å². The zero-order chi connectivity index (χ0) is 19.9. The number of benzene rings is 2. The average molecular weight is 409 g/mol. The van der Waals surface area contributed by atoms with Gasteiger partial charge >= 0.3 is 0 Å². The van der Waals surface area contributed by atoms with E-state index in [4.69, 9.17) is 4.74 Å². The van der Waals surface area contributed by atoms with Crippen LogP contribution in [-0.2, 0) is 14.8 Å². The molecule has 0 aliphatic heterocycles. The number of amides is 1. The van der Waals surface area contributed by atoms with Crippen LogP contribution in [0.5, 0.6) is 5.75 Å². The number of hydrogen-bond donors (Lipinski definition) is 2. The molecule has 0 saturated carbocycles. The van der Waals surface area contributed by atoms with E-state index < -0.39 is 10.0 Å². The molecular formula is C19H24N2O4S2. The van der Waals surface area contributed by atoms with Crippen molar-refractivity contribution in [3.8, 4) is 5.75 Å². The van der Waals surface area contributed by atoms with Crippen LogP contribution in [-0.4, -0.2) is 33.2 Å². The maximum atomic E-state index is 12.2. The number of sulfonamides is 1. The molecule has 0 fully saturated rings. The van der Waals surface area contributed by atoms with Crippen LogP contribution in [0.2, 0.25) is 0 Å². The first-order valence-electron chi connectivity index (χ1n) is 8.53. The van der Waals surface area contributed by atoms with E-state index in [1.165, 1.54) is 24.3 Å². The molecule has 0 unspecified atom stereocenters. The van der Waals surface area contributed by atoms with Gasteiger partial charge in [-0.05, 0) is 62.1 Å². The predicted molar refractivity (Wildman–Crippen MR) is 109 cm³/mol. The molecule has 0 aromatic heterocycles. The highest BCUT2D eigenvalue weighted by molar-refractivity contribution is 7.98. The van der Waals surface area contributed by atoms with E-state index in [0.29, 0.717) is 17.9 Å². The smallest absolute Gasteiger partial charge is 0.262 e. The van der Waals surface area contributed by atoms with Crippen molar-refractivity contribution < 1.29 is 17.9 Å². The molecule has 2 rings (SSSR count). The molecule has 2 aromatic carbocycles. The van der Waals surface area contributed by atoms with Gasteiger partial charge in [0.05, 0.1) is 4.90 Å². The summed E-state index contributed by atoms with van der Waals surface area (Å²) in [5, 5.41) is 2.77. The summed E-state index contributed by atoms with van der Waals surface area (Å²) in [4.78, 5) is 13.2. The highest BCUT2D eigenvalue weighted by Crippen LogP contribution is 2.19. The van der Waals surface area contributed by atoms with Crippen molar-refractivity contribution in [3.05, 3.63) is 48.5 Å². The van der Waals surface area contributed by atoms with Gasteiger partial charge in [-0.1, -0.05) is 13.0 Å². The molecule has 0 spiro atoms. The van der Waals surface area contributed by atoms with E-state index >= 15 is 0 Å². The van der Waals surface area contributed by atoms with Crippen LogP contribution in [0.25, 0.3) is 0 Å². The molecule has 0 heterocycles. The van der Waals surface area contributed by atoms with E-state index in [9.17, 15) is 13.2 Å². The Bertz CT molecular complexity index is 868. The second kappa shape index (κ2) is 9.77. The quantitative estimate of drug-likeness (QED) is 0.621. The van der Waals surface area contributed by atoms with E-state index in [0.717, 1.165) is 4.90 Å². The molecule has 1 atom stereocenters. The van der Waals surface area contributed by atoms with Gasteiger partial charge in [-0.2, -0.15) is 0 Å². The first kappa shape index (κ1) is 21.3. The van der Waals surface area contributed by atoms with Gasteiger partial charge in [-0.3, -0.25) is 4.79 Å². The van der Waals surface area contributed by atoms with Crippen molar-refractivity contribution in [2.75, 3.05) is 18.2 Å². The topological polar surface area (TPSA) is 84.5 Å². The molecule has 27 heavy (non-hydrogen) atoms. The summed E-state index contributed by atoms with van der Waals surface area (Å²) in [6.07, 6.45) is 2.67. The molecule has 0 bridgehead atoms. The predicted octanol–water partition coefficient (Wildman–Crippen LogP) is 3.50. The van der Waals surface area contributed by atoms with Crippen molar-refractivity contribution in [1.29, 1.82) is 0 Å². The van der Waals surface area contributed by atoms with Crippen molar-refractivity contribution in [2.45, 2.75) is 36.1 Å². The lowest BCUT2D eigenvalue weighted by Crippen LogP contribution is -2.31. The number of nitrogens with one attached hydrogen (secondary N) is 2. The Labute approximate surface area is 164 Å². The van der Waals surface area contributed by atoms with E-state index in [-0.39, 0.29) is 23.5 Å². The Hall–Kier alpha value is -2.03. The van der Waals surface area contributed by atoms with Crippen LogP contribution in [0.3, 0.4) is 0 Å². The van der Waals surface area contributed by atoms with Gasteiger partial charge in [0.2, 0.25) is 10.0 Å². The minimum Gasteiger partial charge on any atom is -0.484 e. The molecule has 1 amide bonds. The zero-order valence-corrected chi connectivity index (χ0v) is 17.2. The summed E-state index contributed by atoms with van der Waals surface area (Å²) in [6, 6.07) is 13.4. The van der Waals surface area contributed by atoms with Crippen molar-refractivity contribution in [2.24, 2.45) is 0 Å². The lowest BCUT2D eigenvalue weighted by molar-refractivity contribution is -0.118. The van der Waals surface area contributed by atoms with E-state index in [1.54, 1.807) is 11.8 Å². The normalized spacial score (nSPS) is 12.4. The Morgan fingerprint density at radius 3 is 2.52 bits per heavy atom. The van der Waals surface area contributed by atoms with Gasteiger partial charge in [0.25, 0.3) is 5.91 Å². The minimum atomic E-state index is -3.55. The summed E-state index contributed by atoms with van der Waals surface area (Å²) in [5.41, 5.74) is 0.702. The van der Waals surface area contributed by atoms with Crippen LogP contribution in [0, 0.1) is 0 Å². The summed E-state index contributed by atoms with van der Waals surface area (Å²) >= 11 is 1.59. The van der Waals surface area contributed by atoms with Crippen LogP contribution in [0.15, 0.2) is 58.3 Å². The lowest BCUT2D eigenvalue weighted by Gasteiger charge is -2.12. The fourth-order valence-electron chi connectivity index (χ4n) is 2.18. The Kier molecular flexibility index (Phi) is 7.70. The highest BCUT2D eigenvalue weighted by atomic mass is 32.2.